The van der Waals surface area contributed by atoms with Gasteiger partial charge in [0, 0.05) is 0 Å². The molecule has 0 bridgehead atoms. The minimum atomic E-state index is -6.53. The van der Waals surface area contributed by atoms with Crippen LogP contribution < -0.4 is 0 Å². The second-order valence-electron chi connectivity index (χ2n) is 7.46. The molecular formula is C6H20O30P8. The van der Waals surface area contributed by atoms with E-state index in [0.717, 1.165) is 0 Å². The van der Waals surface area contributed by atoms with Crippen LogP contribution in [0.5, 0.6) is 0 Å². The van der Waals surface area contributed by atoms with Gasteiger partial charge in [-0.2, -0.15) is 8.62 Å². The monoisotopic (exact) mass is 820 g/mol. The summed E-state index contributed by atoms with van der Waals surface area (Å²) in [4.78, 5) is 129. The molecule has 38 heteroatoms. The predicted molar refractivity (Wildman–Crippen MR) is 123 cm³/mol. The first-order valence-corrected chi connectivity index (χ1v) is 21.7. The molecule has 0 amide bonds. The Balaban J connectivity index is 4.22. The summed E-state index contributed by atoms with van der Waals surface area (Å²) in [5, 5.41) is 0. The molecule has 264 valence electrons. The second-order valence-corrected chi connectivity index (χ2v) is 17.8. The van der Waals surface area contributed by atoms with Crippen molar-refractivity contribution < 1.29 is 141 Å². The van der Waals surface area contributed by atoms with Crippen LogP contribution in [0.15, 0.2) is 0 Å². The maximum absolute atomic E-state index is 12.3. The maximum atomic E-state index is 12.3. The highest BCUT2D eigenvalue weighted by molar-refractivity contribution is 7.61. The van der Waals surface area contributed by atoms with Crippen LogP contribution in [0.1, 0.15) is 0 Å². The summed E-state index contributed by atoms with van der Waals surface area (Å²) in [7, 11) is -50.6. The topological polar surface area (TPSA) is 494 Å². The lowest BCUT2D eigenvalue weighted by atomic mass is 9.85. The van der Waals surface area contributed by atoms with Gasteiger partial charge < -0.3 is 68.5 Å². The van der Waals surface area contributed by atoms with Crippen LogP contribution in [0.4, 0.5) is 0 Å². The smallest absolute Gasteiger partial charge is 0.303 e. The van der Waals surface area contributed by atoms with Gasteiger partial charge >= 0.3 is 62.6 Å². The molecular weight excluding hydrogens is 800 g/mol. The fraction of sp³-hybridized carbons (Fsp3) is 1.00. The molecule has 0 aromatic rings. The molecule has 8 atom stereocenters. The van der Waals surface area contributed by atoms with Crippen LogP contribution in [0, 0.1) is 0 Å². The third kappa shape index (κ3) is 16.9. The Labute approximate surface area is 240 Å². The Morgan fingerprint density at radius 3 is 0.568 bits per heavy atom. The first kappa shape index (κ1) is 43.0. The van der Waals surface area contributed by atoms with Crippen LogP contribution in [0.3, 0.4) is 0 Å². The summed E-state index contributed by atoms with van der Waals surface area (Å²) >= 11 is 0. The third-order valence-electron chi connectivity index (χ3n) is 3.91. The number of phosphoric ester groups is 6. The molecule has 0 saturated heterocycles. The van der Waals surface area contributed by atoms with Gasteiger partial charge in [0.25, 0.3) is 0 Å². The molecule has 1 fully saturated rings. The number of hydrogen-bond donors (Lipinski definition) is 14. The zero-order chi connectivity index (χ0) is 35.1. The van der Waals surface area contributed by atoms with E-state index < -0.39 is 99.2 Å². The van der Waals surface area contributed by atoms with E-state index in [9.17, 15) is 85.5 Å². The van der Waals surface area contributed by atoms with E-state index >= 15 is 0 Å². The van der Waals surface area contributed by atoms with Gasteiger partial charge in [0.15, 0.2) is 0 Å². The van der Waals surface area contributed by atoms with E-state index in [1.807, 2.05) is 0 Å². The maximum Gasteiger partial charge on any atom is 0.481 e. The third-order valence-corrected chi connectivity index (χ3v) is 10.4. The summed E-state index contributed by atoms with van der Waals surface area (Å²) in [6.45, 7) is 0. The minimum absolute atomic E-state index is 3.36. The molecule has 14 N–H and O–H groups in total. The molecule has 1 aliphatic rings. The first-order chi connectivity index (χ1) is 19.0. The molecule has 30 nitrogen and oxygen atoms in total. The van der Waals surface area contributed by atoms with Crippen molar-refractivity contribution in [3.63, 3.8) is 0 Å². The Morgan fingerprint density at radius 2 is 0.432 bits per heavy atom. The lowest BCUT2D eigenvalue weighted by Gasteiger charge is -2.48. The average molecular weight is 820 g/mol. The first-order valence-electron chi connectivity index (χ1n) is 9.50. The normalized spacial score (nSPS) is 29.1. The van der Waals surface area contributed by atoms with Crippen molar-refractivity contribution in [1.82, 2.24) is 0 Å². The Bertz CT molecular complexity index is 1230. The molecule has 0 aliphatic heterocycles. The number of rotatable bonds is 16. The van der Waals surface area contributed by atoms with Crippen LogP contribution >= 0.6 is 62.6 Å². The Hall–Kier alpha value is 0.960. The van der Waals surface area contributed by atoms with Gasteiger partial charge in [-0.1, -0.05) is 0 Å². The van der Waals surface area contributed by atoms with Crippen LogP contribution in [-0.4, -0.2) is 105 Å². The lowest BCUT2D eigenvalue weighted by molar-refractivity contribution is -0.201. The summed E-state index contributed by atoms with van der Waals surface area (Å²) in [6, 6.07) is 0. The van der Waals surface area contributed by atoms with Gasteiger partial charge in [0.2, 0.25) is 0 Å². The SMILES string of the molecule is O=P(O)(O)O[C@@H]1C(OP(=O)(O)OP(=O)(O)O)[C@H](OP(=O)(O)O)[C@@H](OP(=O)(O)O)C(OP(=O)(O)OP(=O)(O)O)[C@@H]1OP(=O)(O)O. The highest BCUT2D eigenvalue weighted by Crippen LogP contribution is 2.64. The van der Waals surface area contributed by atoms with Gasteiger partial charge in [0.05, 0.1) is 0 Å². The van der Waals surface area contributed by atoms with Gasteiger partial charge in [0.1, 0.15) is 36.6 Å². The van der Waals surface area contributed by atoms with Crippen molar-refractivity contribution in [2.75, 3.05) is 0 Å². The van der Waals surface area contributed by atoms with Crippen molar-refractivity contribution in [3.05, 3.63) is 0 Å². The van der Waals surface area contributed by atoms with E-state index in [2.05, 4.69) is 35.8 Å². The summed E-state index contributed by atoms with van der Waals surface area (Å²) in [5.41, 5.74) is 0. The minimum Gasteiger partial charge on any atom is -0.303 e. The predicted octanol–water partition coefficient (Wildman–Crippen LogP) is -2.90. The summed E-state index contributed by atoms with van der Waals surface area (Å²) in [6.07, 6.45) is -21.0. The molecule has 0 spiro atoms. The van der Waals surface area contributed by atoms with E-state index in [1.54, 1.807) is 0 Å². The van der Waals surface area contributed by atoms with E-state index in [0.29, 0.717) is 0 Å². The molecule has 0 radical (unpaired) electrons. The zero-order valence-electron chi connectivity index (χ0n) is 19.8. The second kappa shape index (κ2) is 14.4. The molecule has 0 aromatic carbocycles. The number of hydrogen-bond acceptors (Lipinski definition) is 16. The Morgan fingerprint density at radius 1 is 0.273 bits per heavy atom. The van der Waals surface area contributed by atoms with Crippen molar-refractivity contribution >= 4 is 62.6 Å². The average Bonchev–Trinajstić information content (AvgIpc) is 2.62. The molecule has 0 heterocycles. The van der Waals surface area contributed by atoms with Crippen molar-refractivity contribution in [2.45, 2.75) is 36.6 Å². The molecule has 0 aromatic heterocycles. The van der Waals surface area contributed by atoms with Crippen molar-refractivity contribution in [1.29, 1.82) is 0 Å². The highest BCUT2D eigenvalue weighted by Gasteiger charge is 2.63. The molecule has 1 rings (SSSR count). The molecule has 4 unspecified atom stereocenters. The summed E-state index contributed by atoms with van der Waals surface area (Å²) in [5.74, 6) is 0. The van der Waals surface area contributed by atoms with E-state index in [1.165, 1.54) is 0 Å². The molecule has 1 aliphatic carbocycles. The van der Waals surface area contributed by atoms with Crippen molar-refractivity contribution in [3.8, 4) is 0 Å². The quantitative estimate of drug-likeness (QED) is 0.0694. The van der Waals surface area contributed by atoms with Gasteiger partial charge in [-0.25, -0.2) is 36.5 Å². The number of phosphoric acid groups is 8. The molecule has 44 heavy (non-hydrogen) atoms. The summed E-state index contributed by atoms with van der Waals surface area (Å²) < 4.78 is 125. The Kier molecular flexibility index (Phi) is 14.1. The van der Waals surface area contributed by atoms with E-state index in [4.69, 9.17) is 19.6 Å². The van der Waals surface area contributed by atoms with Crippen LogP contribution in [0.2, 0.25) is 0 Å². The fourth-order valence-electron chi connectivity index (χ4n) is 3.09. The highest BCUT2D eigenvalue weighted by atomic mass is 31.3. The fourth-order valence-corrected chi connectivity index (χ4v) is 8.87. The largest absolute Gasteiger partial charge is 0.481 e. The lowest BCUT2D eigenvalue weighted by Crippen LogP contribution is -2.66. The molecule has 1 saturated carbocycles. The van der Waals surface area contributed by atoms with Crippen LogP contribution in [-0.2, 0) is 72.3 Å². The van der Waals surface area contributed by atoms with Crippen molar-refractivity contribution in [2.24, 2.45) is 0 Å². The zero-order valence-corrected chi connectivity index (χ0v) is 27.0. The van der Waals surface area contributed by atoms with E-state index in [-0.39, 0.29) is 0 Å². The standard InChI is InChI=1S/C6H20O30P8/c7-37(8,9)29-1-2(30-38(10,11)12)6(34-44(27,28)36-42(22,23)24)4(32-40(16,17)18)3(31-39(13,14)15)5(1)33-43(25,26)35-41(19,20)21/h1-6H,(H,25,26)(H,27,28)(H2,7,8,9)(H2,10,11,12)(H2,13,14,15)(H2,16,17,18)(H2,19,20,21)(H2,22,23,24)/t1-,2-,3-,4+,5?,6?/m1/s1. The van der Waals surface area contributed by atoms with Gasteiger partial charge in [-0.05, 0) is 0 Å². The van der Waals surface area contributed by atoms with Gasteiger partial charge in [-0.3, -0.25) is 27.1 Å². The van der Waals surface area contributed by atoms with Crippen LogP contribution in [0.25, 0.3) is 0 Å². The van der Waals surface area contributed by atoms with Gasteiger partial charge in [-0.15, -0.1) is 0 Å².